The molecule has 0 spiro atoms. The summed E-state index contributed by atoms with van der Waals surface area (Å²) in [5.74, 6) is -1.09. The number of hydrogen-bond acceptors (Lipinski definition) is 12. The summed E-state index contributed by atoms with van der Waals surface area (Å²) < 4.78 is 48.6. The van der Waals surface area contributed by atoms with Crippen LogP contribution in [0, 0.1) is 0 Å². The first-order valence-corrected chi connectivity index (χ1v) is 11.5. The van der Waals surface area contributed by atoms with Crippen molar-refractivity contribution in [2.45, 2.75) is 0 Å². The fourth-order valence-corrected chi connectivity index (χ4v) is 3.61. The van der Waals surface area contributed by atoms with Crippen LogP contribution in [0.25, 0.3) is 0 Å². The zero-order valence-electron chi connectivity index (χ0n) is 22.9. The molecule has 212 valence electrons. The quantitative estimate of drug-likeness (QED) is 0.240. The number of esters is 3. The highest BCUT2D eigenvalue weighted by Gasteiger charge is 2.25. The molecule has 0 unspecified atom stereocenters. The van der Waals surface area contributed by atoms with E-state index in [1.807, 2.05) is 0 Å². The van der Waals surface area contributed by atoms with Crippen LogP contribution in [0.3, 0.4) is 0 Å². The number of carbonyl (C=O) groups is 3. The van der Waals surface area contributed by atoms with E-state index in [0.717, 1.165) is 0 Å². The van der Waals surface area contributed by atoms with Crippen LogP contribution in [-0.2, 0) is 14.2 Å². The minimum atomic E-state index is -0.672. The summed E-state index contributed by atoms with van der Waals surface area (Å²) in [5, 5.41) is 0. The molecule has 0 aromatic heterocycles. The van der Waals surface area contributed by atoms with Gasteiger partial charge in [-0.05, 0) is 42.5 Å². The molecule has 0 N–H and O–H groups in total. The lowest BCUT2D eigenvalue weighted by atomic mass is 10.1. The lowest BCUT2D eigenvalue weighted by Gasteiger charge is -2.20. The van der Waals surface area contributed by atoms with Crippen molar-refractivity contribution in [2.24, 2.45) is 0 Å². The Morgan fingerprint density at radius 2 is 0.850 bits per heavy atom. The average Bonchev–Trinajstić information content (AvgIpc) is 2.99. The fourth-order valence-electron chi connectivity index (χ4n) is 3.61. The molecule has 0 saturated carbocycles. The summed E-state index contributed by atoms with van der Waals surface area (Å²) in [6.45, 7) is 0. The van der Waals surface area contributed by atoms with E-state index in [2.05, 4.69) is 0 Å². The molecular formula is C28H28O12. The van der Waals surface area contributed by atoms with Gasteiger partial charge in [0.05, 0.1) is 66.5 Å². The molecule has 3 aromatic rings. The van der Waals surface area contributed by atoms with Gasteiger partial charge in [0.25, 0.3) is 0 Å². The van der Waals surface area contributed by atoms with Crippen molar-refractivity contribution >= 4 is 17.9 Å². The molecule has 0 radical (unpaired) electrons. The van der Waals surface area contributed by atoms with Gasteiger partial charge in [0.2, 0.25) is 11.5 Å². The molecule has 0 amide bonds. The number of carbonyl (C=O) groups excluding carboxylic acids is 3. The Labute approximate surface area is 230 Å². The summed E-state index contributed by atoms with van der Waals surface area (Å²) in [4.78, 5) is 36.7. The molecule has 12 heteroatoms. The highest BCUT2D eigenvalue weighted by Crippen LogP contribution is 2.48. The normalized spacial score (nSPS) is 10.2. The highest BCUT2D eigenvalue weighted by molar-refractivity contribution is 5.92. The first-order chi connectivity index (χ1) is 19.2. The predicted octanol–water partition coefficient (Wildman–Crippen LogP) is 4.67. The molecule has 0 aliphatic carbocycles. The molecule has 0 bridgehead atoms. The molecule has 3 aromatic carbocycles. The topological polar surface area (TPSA) is 134 Å². The number of hydrogen-bond donors (Lipinski definition) is 0. The molecule has 0 aliphatic heterocycles. The van der Waals surface area contributed by atoms with Crippen molar-refractivity contribution in [3.63, 3.8) is 0 Å². The van der Waals surface area contributed by atoms with Crippen molar-refractivity contribution in [3.05, 3.63) is 59.2 Å². The van der Waals surface area contributed by atoms with Gasteiger partial charge in [0, 0.05) is 0 Å². The predicted molar refractivity (Wildman–Crippen MR) is 140 cm³/mol. The summed E-state index contributed by atoms with van der Waals surface area (Å²) in [6.07, 6.45) is 0. The van der Waals surface area contributed by atoms with Crippen molar-refractivity contribution in [2.75, 3.05) is 49.8 Å². The summed E-state index contributed by atoms with van der Waals surface area (Å²) >= 11 is 0. The smallest absolute Gasteiger partial charge is 0.338 e. The van der Waals surface area contributed by atoms with E-state index in [4.69, 9.17) is 42.6 Å². The van der Waals surface area contributed by atoms with Gasteiger partial charge in [-0.2, -0.15) is 0 Å². The van der Waals surface area contributed by atoms with E-state index < -0.39 is 17.9 Å². The minimum absolute atomic E-state index is 0.00313. The van der Waals surface area contributed by atoms with Crippen LogP contribution in [0.5, 0.6) is 46.0 Å². The van der Waals surface area contributed by atoms with Crippen LogP contribution in [0.4, 0.5) is 0 Å². The summed E-state index contributed by atoms with van der Waals surface area (Å²) in [6, 6.07) is 9.95. The molecule has 0 aliphatic rings. The Bertz CT molecular complexity index is 1410. The number of rotatable bonds is 11. The molecular weight excluding hydrogens is 528 g/mol. The Kier molecular flexibility index (Phi) is 9.63. The minimum Gasteiger partial charge on any atom is -0.493 e. The first kappa shape index (κ1) is 29.4. The summed E-state index contributed by atoms with van der Waals surface area (Å²) in [5.41, 5.74) is 0.420. The third-order valence-corrected chi connectivity index (χ3v) is 5.54. The molecule has 0 saturated heterocycles. The monoisotopic (exact) mass is 556 g/mol. The van der Waals surface area contributed by atoms with E-state index in [1.165, 1.54) is 92.2 Å². The van der Waals surface area contributed by atoms with Crippen LogP contribution in [-0.4, -0.2) is 67.7 Å². The molecule has 3 rings (SSSR count). The maximum absolute atomic E-state index is 12.4. The van der Waals surface area contributed by atoms with Crippen molar-refractivity contribution in [1.82, 2.24) is 0 Å². The number of ether oxygens (including phenoxy) is 9. The van der Waals surface area contributed by atoms with E-state index in [1.54, 1.807) is 0 Å². The number of benzene rings is 3. The second-order valence-electron chi connectivity index (χ2n) is 7.76. The van der Waals surface area contributed by atoms with Gasteiger partial charge in [-0.25, -0.2) is 14.4 Å². The van der Waals surface area contributed by atoms with E-state index in [-0.39, 0.29) is 62.7 Å². The Hall–Kier alpha value is -5.13. The highest BCUT2D eigenvalue weighted by atomic mass is 16.6. The Morgan fingerprint density at radius 1 is 0.425 bits per heavy atom. The first-order valence-electron chi connectivity index (χ1n) is 11.5. The van der Waals surface area contributed by atoms with Crippen LogP contribution >= 0.6 is 0 Å². The molecule has 0 fully saturated rings. The molecule has 12 nitrogen and oxygen atoms in total. The molecule has 0 heterocycles. The molecule has 40 heavy (non-hydrogen) atoms. The fraction of sp³-hybridized carbons (Fsp3) is 0.250. The van der Waals surface area contributed by atoms with Gasteiger partial charge in [-0.15, -0.1) is 0 Å². The van der Waals surface area contributed by atoms with Gasteiger partial charge >= 0.3 is 17.9 Å². The van der Waals surface area contributed by atoms with Crippen LogP contribution in [0.15, 0.2) is 42.5 Å². The van der Waals surface area contributed by atoms with Crippen LogP contribution in [0.2, 0.25) is 0 Å². The lowest BCUT2D eigenvalue weighted by Crippen LogP contribution is -2.06. The Morgan fingerprint density at radius 3 is 1.32 bits per heavy atom. The average molecular weight is 557 g/mol. The van der Waals surface area contributed by atoms with E-state index in [0.29, 0.717) is 0 Å². The SMILES string of the molecule is COC(=O)c1ccc(Oc2cc(C(=O)OC)cc(OC)c2Oc2cc(C(=O)OC)cc(OC)c2OC)c(OC)c1. The summed E-state index contributed by atoms with van der Waals surface area (Å²) in [7, 11) is 9.26. The zero-order valence-corrected chi connectivity index (χ0v) is 22.9. The van der Waals surface area contributed by atoms with Gasteiger partial charge in [-0.3, -0.25) is 0 Å². The largest absolute Gasteiger partial charge is 0.493 e. The Balaban J connectivity index is 2.23. The third-order valence-electron chi connectivity index (χ3n) is 5.54. The third kappa shape index (κ3) is 6.12. The van der Waals surface area contributed by atoms with Gasteiger partial charge in [0.15, 0.2) is 34.5 Å². The standard InChI is InChI=1S/C28H28O12/c1-32-19-10-15(26(29)36-5)8-9-18(19)39-23-14-17(28(31)38-7)12-21(34-3)25(23)40-22-13-16(27(30)37-6)11-20(33-2)24(22)35-4/h8-14H,1-7H3. The maximum atomic E-state index is 12.4. The van der Waals surface area contributed by atoms with Crippen molar-refractivity contribution < 1.29 is 57.0 Å². The van der Waals surface area contributed by atoms with Crippen LogP contribution < -0.4 is 28.4 Å². The van der Waals surface area contributed by atoms with Crippen LogP contribution in [0.1, 0.15) is 31.1 Å². The second-order valence-corrected chi connectivity index (χ2v) is 7.76. The number of methoxy groups -OCH3 is 7. The van der Waals surface area contributed by atoms with Crippen molar-refractivity contribution in [1.29, 1.82) is 0 Å². The van der Waals surface area contributed by atoms with Gasteiger partial charge < -0.3 is 42.6 Å². The van der Waals surface area contributed by atoms with Crippen molar-refractivity contribution in [3.8, 4) is 46.0 Å². The molecule has 0 atom stereocenters. The maximum Gasteiger partial charge on any atom is 0.338 e. The van der Waals surface area contributed by atoms with Gasteiger partial charge in [0.1, 0.15) is 0 Å². The second kappa shape index (κ2) is 13.1. The zero-order chi connectivity index (χ0) is 29.4. The van der Waals surface area contributed by atoms with E-state index >= 15 is 0 Å². The lowest BCUT2D eigenvalue weighted by molar-refractivity contribution is 0.0591. The van der Waals surface area contributed by atoms with E-state index in [9.17, 15) is 14.4 Å². The van der Waals surface area contributed by atoms with Gasteiger partial charge in [-0.1, -0.05) is 0 Å².